The molecule has 0 saturated carbocycles. The van der Waals surface area contributed by atoms with Crippen LogP contribution in [-0.4, -0.2) is 31.2 Å². The highest BCUT2D eigenvalue weighted by atomic mass is 79.9. The second-order valence-electron chi connectivity index (χ2n) is 3.78. The van der Waals surface area contributed by atoms with E-state index in [1.54, 1.807) is 0 Å². The van der Waals surface area contributed by atoms with E-state index >= 15 is 0 Å². The first-order valence-electron chi connectivity index (χ1n) is 5.13. The maximum absolute atomic E-state index is 11.6. The Morgan fingerprint density at radius 2 is 2.38 bits per heavy atom. The number of nitrogens with zero attached hydrogens (tertiary/aromatic N) is 1. The fourth-order valence-corrected chi connectivity index (χ4v) is 2.38. The van der Waals surface area contributed by atoms with Gasteiger partial charge in [0, 0.05) is 24.7 Å². The summed E-state index contributed by atoms with van der Waals surface area (Å²) >= 11 is 3.34. The minimum absolute atomic E-state index is 0.102. The lowest BCUT2D eigenvalue weighted by Gasteiger charge is -2.15. The summed E-state index contributed by atoms with van der Waals surface area (Å²) < 4.78 is 5.59. The molecule has 1 fully saturated rings. The van der Waals surface area contributed by atoms with E-state index in [0.717, 1.165) is 16.8 Å². The smallest absolute Gasteiger partial charge is 0.310 e. The quantitative estimate of drug-likeness (QED) is 0.657. The highest BCUT2D eigenvalue weighted by Crippen LogP contribution is 2.28. The van der Waals surface area contributed by atoms with Gasteiger partial charge in [-0.25, -0.2) is 4.98 Å². The van der Waals surface area contributed by atoms with Crippen LogP contribution in [0.15, 0.2) is 22.8 Å². The zero-order valence-corrected chi connectivity index (χ0v) is 10.5. The number of carbonyl (C=O) groups excluding carboxylic acids is 1. The molecule has 0 bridgehead atoms. The molecule has 1 N–H and O–H groups in total. The van der Waals surface area contributed by atoms with Gasteiger partial charge < -0.3 is 10.1 Å². The number of rotatable bonds is 2. The third-order valence-electron chi connectivity index (χ3n) is 2.83. The summed E-state index contributed by atoms with van der Waals surface area (Å²) in [5.74, 6) is -0.200. The molecule has 16 heavy (non-hydrogen) atoms. The Morgan fingerprint density at radius 3 is 3.06 bits per heavy atom. The van der Waals surface area contributed by atoms with Crippen molar-refractivity contribution in [2.75, 3.05) is 20.2 Å². The number of carbonyl (C=O) groups is 1. The van der Waals surface area contributed by atoms with Gasteiger partial charge in [-0.1, -0.05) is 6.07 Å². The van der Waals surface area contributed by atoms with Crippen LogP contribution in [0.4, 0.5) is 0 Å². The number of ether oxygens (including phenoxy) is 1. The van der Waals surface area contributed by atoms with E-state index in [1.165, 1.54) is 7.11 Å². The van der Waals surface area contributed by atoms with Crippen molar-refractivity contribution in [1.29, 1.82) is 0 Å². The monoisotopic (exact) mass is 284 g/mol. The highest BCUT2D eigenvalue weighted by Gasteiger charge is 2.35. The van der Waals surface area contributed by atoms with Crippen molar-refractivity contribution in [3.05, 3.63) is 28.5 Å². The second kappa shape index (κ2) is 4.93. The summed E-state index contributed by atoms with van der Waals surface area (Å²) in [7, 11) is 1.42. The second-order valence-corrected chi connectivity index (χ2v) is 4.59. The Hall–Kier alpha value is -0.940. The number of hydrogen-bond donors (Lipinski definition) is 1. The Balaban J connectivity index is 2.23. The van der Waals surface area contributed by atoms with Crippen molar-refractivity contribution >= 4 is 21.9 Å². The molecule has 1 aromatic heterocycles. The molecular formula is C11H13BrN2O2. The van der Waals surface area contributed by atoms with E-state index in [2.05, 4.69) is 26.2 Å². The Labute approximate surface area is 103 Å². The average molecular weight is 285 g/mol. The van der Waals surface area contributed by atoms with Gasteiger partial charge in [0.15, 0.2) is 0 Å². The van der Waals surface area contributed by atoms with Crippen LogP contribution in [0.2, 0.25) is 0 Å². The van der Waals surface area contributed by atoms with Gasteiger partial charge in [0.1, 0.15) is 4.60 Å². The summed E-state index contributed by atoms with van der Waals surface area (Å²) in [6.45, 7) is 1.43. The topological polar surface area (TPSA) is 51.2 Å². The lowest BCUT2D eigenvalue weighted by atomic mass is 9.92. The van der Waals surface area contributed by atoms with Gasteiger partial charge >= 0.3 is 5.97 Å². The molecule has 1 aliphatic rings. The van der Waals surface area contributed by atoms with Gasteiger partial charge in [0.2, 0.25) is 0 Å². The number of nitrogens with one attached hydrogen (secondary N) is 1. The molecule has 0 aliphatic carbocycles. The normalized spacial score (nSPS) is 24.4. The Bertz CT molecular complexity index is 397. The van der Waals surface area contributed by atoms with Gasteiger partial charge in [-0.15, -0.1) is 0 Å². The third-order valence-corrected chi connectivity index (χ3v) is 3.28. The average Bonchev–Trinajstić information content (AvgIpc) is 2.77. The number of esters is 1. The van der Waals surface area contributed by atoms with Crippen molar-refractivity contribution in [2.45, 2.75) is 5.92 Å². The molecule has 2 unspecified atom stereocenters. The summed E-state index contributed by atoms with van der Waals surface area (Å²) in [6.07, 6.45) is 0. The van der Waals surface area contributed by atoms with Crippen LogP contribution < -0.4 is 5.32 Å². The first kappa shape index (κ1) is 11.5. The fourth-order valence-electron chi connectivity index (χ4n) is 2.02. The van der Waals surface area contributed by atoms with Crippen LogP contribution in [0.5, 0.6) is 0 Å². The lowest BCUT2D eigenvalue weighted by Crippen LogP contribution is -2.23. The molecule has 86 valence electrons. The van der Waals surface area contributed by atoms with E-state index in [0.29, 0.717) is 6.54 Å². The summed E-state index contributed by atoms with van der Waals surface area (Å²) in [5.41, 5.74) is 0.926. The molecule has 0 radical (unpaired) electrons. The number of methoxy groups -OCH3 is 1. The van der Waals surface area contributed by atoms with Crippen LogP contribution in [-0.2, 0) is 9.53 Å². The van der Waals surface area contributed by atoms with Gasteiger partial charge in [-0.2, -0.15) is 0 Å². The van der Waals surface area contributed by atoms with Crippen LogP contribution in [0.1, 0.15) is 11.6 Å². The maximum Gasteiger partial charge on any atom is 0.310 e. The van der Waals surface area contributed by atoms with Gasteiger partial charge in [0.05, 0.1) is 13.0 Å². The van der Waals surface area contributed by atoms with E-state index in [9.17, 15) is 4.79 Å². The SMILES string of the molecule is COC(=O)C1CNCC1c1cccc(Br)n1. The molecule has 2 heterocycles. The standard InChI is InChI=1S/C11H13BrN2O2/c1-16-11(15)8-6-13-5-7(8)9-3-2-4-10(12)14-9/h2-4,7-8,13H,5-6H2,1H3. The largest absolute Gasteiger partial charge is 0.469 e. The molecule has 0 aromatic carbocycles. The number of halogens is 1. The molecule has 2 rings (SSSR count). The van der Waals surface area contributed by atoms with Crippen LogP contribution in [0, 0.1) is 5.92 Å². The summed E-state index contributed by atoms with van der Waals surface area (Å²) in [6, 6.07) is 5.75. The zero-order valence-electron chi connectivity index (χ0n) is 8.94. The predicted octanol–water partition coefficient (Wildman–Crippen LogP) is 1.32. The minimum atomic E-state index is -0.170. The molecule has 0 spiro atoms. The zero-order chi connectivity index (χ0) is 11.5. The summed E-state index contributed by atoms with van der Waals surface area (Å²) in [5, 5.41) is 3.20. The molecule has 2 atom stereocenters. The lowest BCUT2D eigenvalue weighted by molar-refractivity contribution is -0.145. The minimum Gasteiger partial charge on any atom is -0.469 e. The molecule has 1 saturated heterocycles. The molecule has 0 amide bonds. The first-order valence-corrected chi connectivity index (χ1v) is 5.92. The molecule has 4 nitrogen and oxygen atoms in total. The summed E-state index contributed by atoms with van der Waals surface area (Å²) in [4.78, 5) is 16.0. The van der Waals surface area contributed by atoms with Crippen LogP contribution >= 0.6 is 15.9 Å². The molecule has 1 aromatic rings. The van der Waals surface area contributed by atoms with Crippen molar-refractivity contribution < 1.29 is 9.53 Å². The van der Waals surface area contributed by atoms with Crippen molar-refractivity contribution in [3.63, 3.8) is 0 Å². The van der Waals surface area contributed by atoms with Crippen molar-refractivity contribution in [2.24, 2.45) is 5.92 Å². The molecule has 1 aliphatic heterocycles. The van der Waals surface area contributed by atoms with Crippen LogP contribution in [0.3, 0.4) is 0 Å². The third kappa shape index (κ3) is 2.25. The van der Waals surface area contributed by atoms with E-state index in [1.807, 2.05) is 18.2 Å². The number of aromatic nitrogens is 1. The Kier molecular flexibility index (Phi) is 3.56. The van der Waals surface area contributed by atoms with Gasteiger partial charge in [-0.05, 0) is 28.1 Å². The number of pyridine rings is 1. The molecule has 5 heteroatoms. The van der Waals surface area contributed by atoms with Crippen LogP contribution in [0.25, 0.3) is 0 Å². The van der Waals surface area contributed by atoms with Gasteiger partial charge in [-0.3, -0.25) is 4.79 Å². The van der Waals surface area contributed by atoms with Crippen molar-refractivity contribution in [1.82, 2.24) is 10.3 Å². The fraction of sp³-hybridized carbons (Fsp3) is 0.455. The predicted molar refractivity (Wildman–Crippen MR) is 63.1 cm³/mol. The molecular weight excluding hydrogens is 272 g/mol. The van der Waals surface area contributed by atoms with Gasteiger partial charge in [0.25, 0.3) is 0 Å². The van der Waals surface area contributed by atoms with E-state index < -0.39 is 0 Å². The van der Waals surface area contributed by atoms with E-state index in [-0.39, 0.29) is 17.8 Å². The first-order chi connectivity index (χ1) is 7.72. The van der Waals surface area contributed by atoms with Crippen molar-refractivity contribution in [3.8, 4) is 0 Å². The Morgan fingerprint density at radius 1 is 1.56 bits per heavy atom. The maximum atomic E-state index is 11.6. The number of hydrogen-bond acceptors (Lipinski definition) is 4. The highest BCUT2D eigenvalue weighted by molar-refractivity contribution is 9.10. The van der Waals surface area contributed by atoms with E-state index in [4.69, 9.17) is 4.74 Å².